The van der Waals surface area contributed by atoms with Crippen molar-refractivity contribution in [3.8, 4) is 0 Å². The van der Waals surface area contributed by atoms with Crippen molar-refractivity contribution in [2.45, 2.75) is 51.9 Å². The minimum absolute atomic E-state index is 0.0245. The first-order valence-electron chi connectivity index (χ1n) is 11.9. The number of benzene rings is 1. The molecule has 172 valence electrons. The standard InChI is InChI=1S/C26H30N4O3/c1-16(2)23-22-20(15-21(18-8-9-18)27-24(22)33-28-23)26(32)30-11-5-10-29(12-13-30)25(31)19-7-4-6-17(3)14-19/h4,6-7,14-16,18H,5,8-13H2,1-3H3. The first kappa shape index (κ1) is 21.6. The van der Waals surface area contributed by atoms with Gasteiger partial charge in [0.15, 0.2) is 0 Å². The Labute approximate surface area is 193 Å². The summed E-state index contributed by atoms with van der Waals surface area (Å²) in [6, 6.07) is 9.62. The molecule has 0 bridgehead atoms. The monoisotopic (exact) mass is 446 g/mol. The van der Waals surface area contributed by atoms with E-state index in [4.69, 9.17) is 4.52 Å². The number of hydrogen-bond donors (Lipinski definition) is 0. The zero-order valence-electron chi connectivity index (χ0n) is 19.5. The summed E-state index contributed by atoms with van der Waals surface area (Å²) in [6.07, 6.45) is 2.93. The molecule has 3 aromatic rings. The molecule has 7 nitrogen and oxygen atoms in total. The van der Waals surface area contributed by atoms with Crippen LogP contribution in [-0.2, 0) is 0 Å². The molecule has 1 aromatic carbocycles. The molecule has 1 saturated carbocycles. The first-order valence-corrected chi connectivity index (χ1v) is 11.9. The average Bonchev–Trinajstić information content (AvgIpc) is 3.60. The minimum Gasteiger partial charge on any atom is -0.337 e. The van der Waals surface area contributed by atoms with Crippen LogP contribution in [0.15, 0.2) is 34.9 Å². The lowest BCUT2D eigenvalue weighted by molar-refractivity contribution is 0.0719. The van der Waals surface area contributed by atoms with Crippen LogP contribution in [0.3, 0.4) is 0 Å². The second-order valence-corrected chi connectivity index (χ2v) is 9.58. The summed E-state index contributed by atoms with van der Waals surface area (Å²) in [5, 5.41) is 4.97. The Morgan fingerprint density at radius 2 is 1.76 bits per heavy atom. The van der Waals surface area contributed by atoms with Gasteiger partial charge in [-0.3, -0.25) is 9.59 Å². The molecule has 2 amide bonds. The van der Waals surface area contributed by atoms with Crippen LogP contribution in [0, 0.1) is 6.92 Å². The average molecular weight is 447 g/mol. The van der Waals surface area contributed by atoms with E-state index >= 15 is 0 Å². The molecule has 3 heterocycles. The van der Waals surface area contributed by atoms with Gasteiger partial charge in [0, 0.05) is 43.4 Å². The predicted molar refractivity (Wildman–Crippen MR) is 125 cm³/mol. The number of amides is 2. The van der Waals surface area contributed by atoms with Crippen LogP contribution in [0.4, 0.5) is 0 Å². The zero-order valence-corrected chi connectivity index (χ0v) is 19.5. The predicted octanol–water partition coefficient (Wildman–Crippen LogP) is 4.52. The maximum absolute atomic E-state index is 13.8. The quantitative estimate of drug-likeness (QED) is 0.589. The van der Waals surface area contributed by atoms with E-state index in [1.165, 1.54) is 0 Å². The summed E-state index contributed by atoms with van der Waals surface area (Å²) in [5.41, 5.74) is 4.54. The van der Waals surface area contributed by atoms with Crippen LogP contribution < -0.4 is 0 Å². The molecule has 7 heteroatoms. The van der Waals surface area contributed by atoms with E-state index in [-0.39, 0.29) is 17.7 Å². The lowest BCUT2D eigenvalue weighted by Gasteiger charge is -2.23. The summed E-state index contributed by atoms with van der Waals surface area (Å²) in [5.74, 6) is 0.522. The Hall–Kier alpha value is -3.22. The van der Waals surface area contributed by atoms with Crippen LogP contribution >= 0.6 is 0 Å². The number of nitrogens with zero attached hydrogens (tertiary/aromatic N) is 4. The molecule has 2 fully saturated rings. The van der Waals surface area contributed by atoms with Crippen LogP contribution in [0.5, 0.6) is 0 Å². The van der Waals surface area contributed by atoms with Crippen LogP contribution in [0.1, 0.15) is 82.6 Å². The third-order valence-electron chi connectivity index (χ3n) is 6.60. The van der Waals surface area contributed by atoms with E-state index in [0.717, 1.165) is 41.6 Å². The van der Waals surface area contributed by atoms with Crippen molar-refractivity contribution in [3.05, 3.63) is 58.4 Å². The molecule has 0 unspecified atom stereocenters. The molecular formula is C26H30N4O3. The molecule has 0 radical (unpaired) electrons. The Morgan fingerprint density at radius 3 is 2.42 bits per heavy atom. The van der Waals surface area contributed by atoms with Crippen molar-refractivity contribution in [2.24, 2.45) is 0 Å². The van der Waals surface area contributed by atoms with Gasteiger partial charge < -0.3 is 14.3 Å². The first-order chi connectivity index (χ1) is 15.9. The number of aryl methyl sites for hydroxylation is 1. The fraction of sp³-hybridized carbons (Fsp3) is 0.462. The molecule has 0 spiro atoms. The molecule has 33 heavy (non-hydrogen) atoms. The molecule has 5 rings (SSSR count). The number of hydrogen-bond acceptors (Lipinski definition) is 5. The number of carbonyl (C=O) groups is 2. The van der Waals surface area contributed by atoms with Gasteiger partial charge in [0.1, 0.15) is 0 Å². The third-order valence-corrected chi connectivity index (χ3v) is 6.60. The number of fused-ring (bicyclic) bond motifs is 1. The number of rotatable bonds is 4. The Kier molecular flexibility index (Phi) is 5.64. The van der Waals surface area contributed by atoms with Gasteiger partial charge in [0.05, 0.1) is 16.6 Å². The van der Waals surface area contributed by atoms with Crippen molar-refractivity contribution >= 4 is 22.9 Å². The Bertz CT molecular complexity index is 1210. The maximum Gasteiger partial charge on any atom is 0.259 e. The molecule has 2 aromatic heterocycles. The number of aromatic nitrogens is 2. The van der Waals surface area contributed by atoms with Gasteiger partial charge in [-0.15, -0.1) is 0 Å². The SMILES string of the molecule is Cc1cccc(C(=O)N2CCCN(C(=O)c3cc(C4CC4)nc4onc(C(C)C)c34)CC2)c1. The van der Waals surface area contributed by atoms with Gasteiger partial charge >= 0.3 is 0 Å². The van der Waals surface area contributed by atoms with Crippen molar-refractivity contribution in [1.29, 1.82) is 0 Å². The zero-order chi connectivity index (χ0) is 23.1. The minimum atomic E-state index is -0.0285. The van der Waals surface area contributed by atoms with Crippen molar-refractivity contribution < 1.29 is 14.1 Å². The molecule has 1 saturated heterocycles. The fourth-order valence-corrected chi connectivity index (χ4v) is 4.60. The van der Waals surface area contributed by atoms with Crippen LogP contribution in [0.25, 0.3) is 11.1 Å². The highest BCUT2D eigenvalue weighted by atomic mass is 16.5. The van der Waals surface area contributed by atoms with E-state index in [9.17, 15) is 9.59 Å². The Balaban J connectivity index is 1.41. The van der Waals surface area contributed by atoms with Crippen molar-refractivity contribution in [1.82, 2.24) is 19.9 Å². The normalized spacial score (nSPS) is 17.0. The second kappa shape index (κ2) is 8.61. The lowest BCUT2D eigenvalue weighted by Crippen LogP contribution is -2.37. The van der Waals surface area contributed by atoms with Gasteiger partial charge in [-0.25, -0.2) is 4.98 Å². The topological polar surface area (TPSA) is 79.5 Å². The number of carbonyl (C=O) groups excluding carboxylic acids is 2. The molecule has 0 N–H and O–H groups in total. The third kappa shape index (κ3) is 4.24. The summed E-state index contributed by atoms with van der Waals surface area (Å²) >= 11 is 0. The van der Waals surface area contributed by atoms with Gasteiger partial charge in [-0.2, -0.15) is 0 Å². The highest BCUT2D eigenvalue weighted by Crippen LogP contribution is 2.41. The smallest absolute Gasteiger partial charge is 0.259 e. The van der Waals surface area contributed by atoms with E-state index < -0.39 is 0 Å². The van der Waals surface area contributed by atoms with E-state index in [1.807, 2.05) is 60.9 Å². The summed E-state index contributed by atoms with van der Waals surface area (Å²) in [6.45, 7) is 8.34. The molecule has 0 atom stereocenters. The van der Waals surface area contributed by atoms with Crippen molar-refractivity contribution in [3.63, 3.8) is 0 Å². The van der Waals surface area contributed by atoms with E-state index in [1.54, 1.807) is 0 Å². The van der Waals surface area contributed by atoms with Gasteiger partial charge in [0.2, 0.25) is 0 Å². The molecule has 2 aliphatic rings. The van der Waals surface area contributed by atoms with Crippen molar-refractivity contribution in [2.75, 3.05) is 26.2 Å². The maximum atomic E-state index is 13.8. The van der Waals surface area contributed by atoms with Crippen LogP contribution in [0.2, 0.25) is 0 Å². The molecule has 1 aliphatic carbocycles. The molecule has 1 aliphatic heterocycles. The Morgan fingerprint density at radius 1 is 1.03 bits per heavy atom. The van der Waals surface area contributed by atoms with Gasteiger partial charge in [-0.1, -0.05) is 36.7 Å². The lowest BCUT2D eigenvalue weighted by atomic mass is 10.0. The van der Waals surface area contributed by atoms with E-state index in [0.29, 0.717) is 48.9 Å². The number of pyridine rings is 1. The van der Waals surface area contributed by atoms with E-state index in [2.05, 4.69) is 10.1 Å². The molecular weight excluding hydrogens is 416 g/mol. The largest absolute Gasteiger partial charge is 0.337 e. The second-order valence-electron chi connectivity index (χ2n) is 9.58. The summed E-state index contributed by atoms with van der Waals surface area (Å²) < 4.78 is 5.55. The highest BCUT2D eigenvalue weighted by Gasteiger charge is 2.31. The van der Waals surface area contributed by atoms with Crippen LogP contribution in [-0.4, -0.2) is 57.9 Å². The summed E-state index contributed by atoms with van der Waals surface area (Å²) in [7, 11) is 0. The van der Waals surface area contributed by atoms with Gasteiger partial charge in [-0.05, 0) is 50.3 Å². The fourth-order valence-electron chi connectivity index (χ4n) is 4.60. The van der Waals surface area contributed by atoms with Gasteiger partial charge in [0.25, 0.3) is 17.5 Å². The summed E-state index contributed by atoms with van der Waals surface area (Å²) in [4.78, 5) is 35.2. The highest BCUT2D eigenvalue weighted by molar-refractivity contribution is 6.06.